The molecule has 5 heteroatoms. The average molecular weight is 553 g/mol. The van der Waals surface area contributed by atoms with E-state index >= 15 is 0 Å². The summed E-state index contributed by atoms with van der Waals surface area (Å²) in [5.41, 5.74) is 1.11. The minimum Gasteiger partial charge on any atom is -0.462 e. The summed E-state index contributed by atoms with van der Waals surface area (Å²) in [5, 5.41) is 12.8. The molecule has 0 saturated heterocycles. The Bertz CT molecular complexity index is 1050. The third-order valence-corrected chi connectivity index (χ3v) is 10.7. The molecule has 1 N–H and O–H groups in total. The molecule has 222 valence electrons. The van der Waals surface area contributed by atoms with E-state index < -0.39 is 5.60 Å². The number of aryl methyl sites for hydroxylation is 1. The Hall–Kier alpha value is -2.14. The van der Waals surface area contributed by atoms with Gasteiger partial charge in [0.25, 0.3) is 0 Å². The molecule has 0 unspecified atom stereocenters. The van der Waals surface area contributed by atoms with Gasteiger partial charge in [-0.3, -0.25) is 4.79 Å². The number of cyclic esters (lactones) is 1. The molecule has 0 spiro atoms. The van der Waals surface area contributed by atoms with Crippen molar-refractivity contribution in [2.75, 3.05) is 6.61 Å². The SMILES string of the molecule is CC(=O)O[C@@H]1C[C@@H](C)[C@](O)(CCC2=CC(=O)OC2)[C@@]2(CCC[C@H](C)CCCc3ccccc3)CCCC(C)(C)[C@H]12. The Morgan fingerprint density at radius 2 is 1.82 bits per heavy atom. The molecule has 40 heavy (non-hydrogen) atoms. The lowest BCUT2D eigenvalue weighted by Crippen LogP contribution is -2.68. The predicted octanol–water partition coefficient (Wildman–Crippen LogP) is 7.59. The fourth-order valence-electron chi connectivity index (χ4n) is 8.87. The van der Waals surface area contributed by atoms with Gasteiger partial charge in [0.2, 0.25) is 0 Å². The van der Waals surface area contributed by atoms with Gasteiger partial charge >= 0.3 is 11.9 Å². The van der Waals surface area contributed by atoms with Crippen LogP contribution in [0.4, 0.5) is 0 Å². The summed E-state index contributed by atoms with van der Waals surface area (Å²) in [6.07, 6.45) is 13.1. The van der Waals surface area contributed by atoms with Crippen molar-refractivity contribution in [2.45, 2.75) is 123 Å². The largest absolute Gasteiger partial charge is 0.462 e. The zero-order valence-corrected chi connectivity index (χ0v) is 25.5. The van der Waals surface area contributed by atoms with Gasteiger partial charge in [0, 0.05) is 24.3 Å². The molecule has 3 aliphatic rings. The highest BCUT2D eigenvalue weighted by Crippen LogP contribution is 2.66. The van der Waals surface area contributed by atoms with Crippen molar-refractivity contribution in [1.29, 1.82) is 0 Å². The van der Waals surface area contributed by atoms with Gasteiger partial charge < -0.3 is 14.6 Å². The van der Waals surface area contributed by atoms with E-state index in [0.717, 1.165) is 50.5 Å². The van der Waals surface area contributed by atoms with E-state index in [4.69, 9.17) is 9.47 Å². The standard InChI is InChI=1S/C35H52O5/c1-25(12-9-16-28-14-7-6-8-15-28)13-10-19-34-20-11-18-33(4,5)32(34)30(40-27(3)36)22-26(2)35(34,38)21-17-29-23-31(37)39-24-29/h6-8,14-15,23,25-26,30,32,38H,9-13,16-22,24H2,1-5H3/t25-,26-,30-,32+,34+,35-/m1/s1. The van der Waals surface area contributed by atoms with Crippen LogP contribution in [0.25, 0.3) is 0 Å². The quantitative estimate of drug-likeness (QED) is 0.270. The summed E-state index contributed by atoms with van der Waals surface area (Å²) >= 11 is 0. The summed E-state index contributed by atoms with van der Waals surface area (Å²) in [5.74, 6) is 0.213. The monoisotopic (exact) mass is 552 g/mol. The zero-order valence-electron chi connectivity index (χ0n) is 25.5. The van der Waals surface area contributed by atoms with Crippen molar-refractivity contribution >= 4 is 11.9 Å². The van der Waals surface area contributed by atoms with Gasteiger partial charge in [0.05, 0.1) is 5.60 Å². The number of hydrogen-bond acceptors (Lipinski definition) is 5. The molecule has 2 aliphatic carbocycles. The lowest BCUT2D eigenvalue weighted by molar-refractivity contribution is -0.259. The maximum Gasteiger partial charge on any atom is 0.331 e. The molecule has 0 bridgehead atoms. The van der Waals surface area contributed by atoms with Crippen molar-refractivity contribution in [3.05, 3.63) is 47.5 Å². The van der Waals surface area contributed by atoms with Gasteiger partial charge in [-0.15, -0.1) is 0 Å². The number of carbonyl (C=O) groups excluding carboxylic acids is 2. The fourth-order valence-corrected chi connectivity index (χ4v) is 8.87. The molecule has 1 aromatic rings. The van der Waals surface area contributed by atoms with Crippen LogP contribution < -0.4 is 0 Å². The first-order valence-corrected chi connectivity index (χ1v) is 15.8. The molecule has 1 heterocycles. The van der Waals surface area contributed by atoms with Crippen LogP contribution in [0.2, 0.25) is 0 Å². The third kappa shape index (κ3) is 6.66. The van der Waals surface area contributed by atoms with Crippen LogP contribution in [0.15, 0.2) is 42.0 Å². The molecule has 2 saturated carbocycles. The topological polar surface area (TPSA) is 72.8 Å². The van der Waals surface area contributed by atoms with Crippen LogP contribution in [-0.4, -0.2) is 35.4 Å². The number of esters is 2. The minimum atomic E-state index is -0.894. The highest BCUT2D eigenvalue weighted by molar-refractivity contribution is 5.85. The Morgan fingerprint density at radius 3 is 2.50 bits per heavy atom. The summed E-state index contributed by atoms with van der Waals surface area (Å²) in [6.45, 7) is 11.0. The summed E-state index contributed by atoms with van der Waals surface area (Å²) in [6, 6.07) is 10.7. The lowest BCUT2D eigenvalue weighted by atomic mass is 9.41. The Labute approximate surface area is 242 Å². The van der Waals surface area contributed by atoms with E-state index in [2.05, 4.69) is 58.0 Å². The summed E-state index contributed by atoms with van der Waals surface area (Å²) in [4.78, 5) is 24.0. The Balaban J connectivity index is 1.53. The number of hydrogen-bond donors (Lipinski definition) is 1. The van der Waals surface area contributed by atoms with Crippen LogP contribution in [0.1, 0.15) is 111 Å². The molecule has 4 rings (SSSR count). The predicted molar refractivity (Wildman–Crippen MR) is 159 cm³/mol. The molecule has 1 aromatic carbocycles. The van der Waals surface area contributed by atoms with E-state index in [1.165, 1.54) is 25.3 Å². The van der Waals surface area contributed by atoms with Crippen molar-refractivity contribution in [2.24, 2.45) is 28.6 Å². The number of carbonyl (C=O) groups is 2. The number of fused-ring (bicyclic) bond motifs is 1. The van der Waals surface area contributed by atoms with Gasteiger partial charge in [0.15, 0.2) is 0 Å². The lowest BCUT2D eigenvalue weighted by Gasteiger charge is -2.66. The molecule has 2 fully saturated rings. The van der Waals surface area contributed by atoms with Gasteiger partial charge in [0.1, 0.15) is 12.7 Å². The molecule has 0 aromatic heterocycles. The molecule has 6 atom stereocenters. The maximum absolute atomic E-state index is 12.8. The molecule has 0 amide bonds. The first kappa shape index (κ1) is 30.8. The van der Waals surface area contributed by atoms with E-state index in [1.54, 1.807) is 6.08 Å². The first-order valence-electron chi connectivity index (χ1n) is 15.8. The van der Waals surface area contributed by atoms with E-state index in [0.29, 0.717) is 31.8 Å². The van der Waals surface area contributed by atoms with Crippen LogP contribution in [-0.2, 0) is 25.5 Å². The first-order chi connectivity index (χ1) is 19.0. The Kier molecular flexibility index (Phi) is 9.86. The van der Waals surface area contributed by atoms with Gasteiger partial charge in [-0.1, -0.05) is 83.7 Å². The van der Waals surface area contributed by atoms with E-state index in [1.807, 2.05) is 0 Å². The zero-order chi connectivity index (χ0) is 29.0. The third-order valence-electron chi connectivity index (χ3n) is 10.7. The molecular weight excluding hydrogens is 500 g/mol. The highest BCUT2D eigenvalue weighted by atomic mass is 16.5. The second-order valence-corrected chi connectivity index (χ2v) is 14.0. The maximum atomic E-state index is 12.8. The van der Waals surface area contributed by atoms with Gasteiger partial charge in [-0.2, -0.15) is 0 Å². The van der Waals surface area contributed by atoms with Gasteiger partial charge in [-0.25, -0.2) is 4.79 Å². The van der Waals surface area contributed by atoms with Crippen molar-refractivity contribution in [3.8, 4) is 0 Å². The number of ether oxygens (including phenoxy) is 2. The Morgan fingerprint density at radius 1 is 1.10 bits per heavy atom. The van der Waals surface area contributed by atoms with E-state index in [-0.39, 0.29) is 40.7 Å². The normalized spacial score (nSPS) is 32.1. The number of aliphatic hydroxyl groups is 1. The summed E-state index contributed by atoms with van der Waals surface area (Å²) in [7, 11) is 0. The van der Waals surface area contributed by atoms with E-state index in [9.17, 15) is 14.7 Å². The smallest absolute Gasteiger partial charge is 0.331 e. The highest BCUT2D eigenvalue weighted by Gasteiger charge is 2.66. The molecule has 0 radical (unpaired) electrons. The second-order valence-electron chi connectivity index (χ2n) is 14.0. The minimum absolute atomic E-state index is 0.0103. The summed E-state index contributed by atoms with van der Waals surface area (Å²) < 4.78 is 11.2. The van der Waals surface area contributed by atoms with Crippen molar-refractivity contribution in [1.82, 2.24) is 0 Å². The van der Waals surface area contributed by atoms with Crippen LogP contribution >= 0.6 is 0 Å². The van der Waals surface area contributed by atoms with Crippen LogP contribution in [0.3, 0.4) is 0 Å². The molecule has 1 aliphatic heterocycles. The fraction of sp³-hybridized carbons (Fsp3) is 0.714. The van der Waals surface area contributed by atoms with Crippen LogP contribution in [0, 0.1) is 28.6 Å². The van der Waals surface area contributed by atoms with Crippen molar-refractivity contribution < 1.29 is 24.2 Å². The van der Waals surface area contributed by atoms with Gasteiger partial charge in [-0.05, 0) is 79.8 Å². The molecular formula is C35H52O5. The van der Waals surface area contributed by atoms with Crippen LogP contribution in [0.5, 0.6) is 0 Å². The molecule has 5 nitrogen and oxygen atoms in total. The number of benzene rings is 1. The van der Waals surface area contributed by atoms with Crippen molar-refractivity contribution in [3.63, 3.8) is 0 Å². The number of rotatable bonds is 12. The average Bonchev–Trinajstić information content (AvgIpc) is 3.31. The second kappa shape index (κ2) is 12.8.